The van der Waals surface area contributed by atoms with Crippen LogP contribution in [0.1, 0.15) is 12.5 Å². The summed E-state index contributed by atoms with van der Waals surface area (Å²) in [7, 11) is 0.447. The molecule has 98 valence electrons. The highest BCUT2D eigenvalue weighted by Crippen LogP contribution is 2.25. The van der Waals surface area contributed by atoms with Crippen LogP contribution in [0, 0.1) is 0 Å². The number of fused-ring (bicyclic) bond motifs is 2. The van der Waals surface area contributed by atoms with Crippen LogP contribution in [0.3, 0.4) is 0 Å². The molecule has 1 amide bonds. The maximum atomic E-state index is 12.0. The van der Waals surface area contributed by atoms with Crippen LogP contribution in [0.15, 0.2) is 48.7 Å². The van der Waals surface area contributed by atoms with Gasteiger partial charge in [-0.15, -0.1) is 0 Å². The Morgan fingerprint density at radius 1 is 1.35 bits per heavy atom. The van der Waals surface area contributed by atoms with E-state index in [4.69, 9.17) is 0 Å². The van der Waals surface area contributed by atoms with Gasteiger partial charge in [-0.2, -0.15) is 0 Å². The molecule has 0 fully saturated rings. The summed E-state index contributed by atoms with van der Waals surface area (Å²) in [6.45, 7) is 5.42. The first-order valence-corrected chi connectivity index (χ1v) is 7.37. The molecule has 0 spiro atoms. The molecule has 2 N–H and O–H groups in total. The highest BCUT2D eigenvalue weighted by Gasteiger charge is 2.17. The monoisotopic (exact) mass is 278 g/mol. The molecule has 4 heteroatoms. The van der Waals surface area contributed by atoms with Crippen LogP contribution in [-0.4, -0.2) is 15.6 Å². The zero-order chi connectivity index (χ0) is 14.1. The molecule has 3 nitrogen and oxygen atoms in total. The molecule has 0 aromatic heterocycles. The molecule has 0 saturated heterocycles. The normalized spacial score (nSPS) is 12.7. The summed E-state index contributed by atoms with van der Waals surface area (Å²) in [5.41, 5.74) is 2.55. The lowest BCUT2D eigenvalue weighted by Gasteiger charge is -2.19. The van der Waals surface area contributed by atoms with Crippen LogP contribution in [0.2, 0.25) is 0 Å². The Bertz CT molecular complexity index is 749. The van der Waals surface area contributed by atoms with Gasteiger partial charge in [0.2, 0.25) is 9.68 Å². The zero-order valence-electron chi connectivity index (χ0n) is 11.2. The third-order valence-electron chi connectivity index (χ3n) is 3.25. The van der Waals surface area contributed by atoms with E-state index < -0.39 is 0 Å². The van der Waals surface area contributed by atoms with Crippen molar-refractivity contribution in [1.82, 2.24) is 4.98 Å². The largest absolute Gasteiger partial charge is 0.414 e. The van der Waals surface area contributed by atoms with Crippen molar-refractivity contribution in [2.24, 2.45) is 0 Å². The fraction of sp³-hybridized carbons (Fsp3) is 0.0625. The minimum absolute atomic E-state index is 0.136. The molecule has 0 unspecified atom stereocenters. The molecule has 0 bridgehead atoms. The zero-order valence-corrected chi connectivity index (χ0v) is 12.2. The molecular formula is C16H14N2OSi. The number of benzene rings is 2. The quantitative estimate of drug-likeness (QED) is 0.653. The van der Waals surface area contributed by atoms with Gasteiger partial charge in [0.25, 0.3) is 5.91 Å². The Hall–Kier alpha value is -2.33. The Labute approximate surface area is 120 Å². The van der Waals surface area contributed by atoms with E-state index in [0.29, 0.717) is 15.3 Å². The van der Waals surface area contributed by atoms with Crippen molar-refractivity contribution in [3.8, 4) is 0 Å². The highest BCUT2D eigenvalue weighted by molar-refractivity contribution is 6.56. The lowest BCUT2D eigenvalue weighted by atomic mass is 10.0. The number of rotatable bonds is 2. The number of anilines is 1. The van der Waals surface area contributed by atoms with Gasteiger partial charge in [-0.3, -0.25) is 4.79 Å². The van der Waals surface area contributed by atoms with E-state index >= 15 is 0 Å². The maximum absolute atomic E-state index is 12.0. The lowest BCUT2D eigenvalue weighted by Crippen LogP contribution is -2.35. The van der Waals surface area contributed by atoms with Crippen molar-refractivity contribution in [2.75, 3.05) is 5.32 Å². The predicted octanol–water partition coefficient (Wildman–Crippen LogP) is 2.17. The van der Waals surface area contributed by atoms with E-state index in [-0.39, 0.29) is 5.91 Å². The van der Waals surface area contributed by atoms with Gasteiger partial charge in [0.15, 0.2) is 0 Å². The van der Waals surface area contributed by atoms with E-state index in [2.05, 4.69) is 29.0 Å². The van der Waals surface area contributed by atoms with Gasteiger partial charge in [-0.05, 0) is 41.4 Å². The maximum Gasteiger partial charge on any atom is 0.250 e. The van der Waals surface area contributed by atoms with E-state index in [9.17, 15) is 4.79 Å². The topological polar surface area (TPSA) is 41.1 Å². The smallest absolute Gasteiger partial charge is 0.250 e. The summed E-state index contributed by atoms with van der Waals surface area (Å²) in [5, 5.41) is 6.33. The molecular weight excluding hydrogens is 264 g/mol. The molecule has 1 heterocycles. The number of hydrogen-bond acceptors (Lipinski definition) is 2. The van der Waals surface area contributed by atoms with Gasteiger partial charge >= 0.3 is 0 Å². The van der Waals surface area contributed by atoms with Crippen molar-refractivity contribution in [3.63, 3.8) is 0 Å². The summed E-state index contributed by atoms with van der Waals surface area (Å²) in [6, 6.07) is 10.2. The molecule has 2 aromatic carbocycles. The lowest BCUT2D eigenvalue weighted by molar-refractivity contribution is -0.112. The summed E-state index contributed by atoms with van der Waals surface area (Å²) in [4.78, 5) is 15.2. The summed E-state index contributed by atoms with van der Waals surface area (Å²) in [5.74, 6) is -0.136. The van der Waals surface area contributed by atoms with E-state index in [1.54, 1.807) is 6.92 Å². The molecule has 0 aliphatic carbocycles. The van der Waals surface area contributed by atoms with Crippen LogP contribution in [0.4, 0.5) is 5.69 Å². The number of carbonyl (C=O) groups excluding carboxylic acids is 1. The molecule has 1 aliphatic rings. The average molecular weight is 278 g/mol. The fourth-order valence-electron chi connectivity index (χ4n) is 2.23. The summed E-state index contributed by atoms with van der Waals surface area (Å²) < 4.78 is 0. The van der Waals surface area contributed by atoms with Crippen molar-refractivity contribution < 1.29 is 4.79 Å². The van der Waals surface area contributed by atoms with Gasteiger partial charge < -0.3 is 10.3 Å². The summed E-state index contributed by atoms with van der Waals surface area (Å²) in [6.07, 6.45) is 3.98. The van der Waals surface area contributed by atoms with Gasteiger partial charge in [0, 0.05) is 11.0 Å². The summed E-state index contributed by atoms with van der Waals surface area (Å²) >= 11 is 0. The highest BCUT2D eigenvalue weighted by atomic mass is 28.2. The van der Waals surface area contributed by atoms with Crippen LogP contribution in [0.5, 0.6) is 0 Å². The third kappa shape index (κ3) is 2.14. The Morgan fingerprint density at radius 2 is 2.15 bits per heavy atom. The second-order valence-electron chi connectivity index (χ2n) is 4.77. The number of nitrogens with one attached hydrogen (secondary N) is 2. The van der Waals surface area contributed by atoms with Gasteiger partial charge in [0.1, 0.15) is 0 Å². The molecule has 2 aromatic rings. The first kappa shape index (κ1) is 12.7. The molecule has 0 saturated carbocycles. The predicted molar refractivity (Wildman–Crippen MR) is 84.9 cm³/mol. The molecule has 3 rings (SSSR count). The van der Waals surface area contributed by atoms with Crippen LogP contribution in [0.25, 0.3) is 16.8 Å². The Balaban J connectivity index is 2.23. The Morgan fingerprint density at radius 3 is 2.95 bits per heavy atom. The minimum atomic E-state index is -0.136. The van der Waals surface area contributed by atoms with Crippen molar-refractivity contribution >= 4 is 43.3 Å². The molecule has 1 aliphatic heterocycles. The second-order valence-corrected chi connectivity index (χ2v) is 5.81. The van der Waals surface area contributed by atoms with Crippen molar-refractivity contribution in [1.29, 1.82) is 0 Å². The second kappa shape index (κ2) is 4.98. The first-order valence-electron chi connectivity index (χ1n) is 6.37. The fourth-order valence-corrected chi connectivity index (χ4v) is 3.16. The standard InChI is InChI=1S/C16H14N2OSi/c1-10(2)16(19)18-14-13-6-4-3-5-11(13)9-12-7-8-17-20-15(12)14/h3-9,17H,1H2,2H3,(H,18,19). The minimum Gasteiger partial charge on any atom is -0.414 e. The van der Waals surface area contributed by atoms with Gasteiger partial charge in [0.05, 0.1) is 5.69 Å². The van der Waals surface area contributed by atoms with Crippen LogP contribution >= 0.6 is 0 Å². The van der Waals surface area contributed by atoms with E-state index in [1.165, 1.54) is 0 Å². The Kier molecular flexibility index (Phi) is 3.16. The molecule has 2 radical (unpaired) electrons. The SMILES string of the molecule is C=C(C)C(=O)Nc1c2c(cc3ccccc13)C=CN[Si]2. The third-order valence-corrected chi connectivity index (χ3v) is 4.35. The van der Waals surface area contributed by atoms with Crippen LogP contribution < -0.4 is 15.5 Å². The van der Waals surface area contributed by atoms with Gasteiger partial charge in [-0.25, -0.2) is 0 Å². The van der Waals surface area contributed by atoms with Crippen LogP contribution in [-0.2, 0) is 4.79 Å². The number of amides is 1. The average Bonchev–Trinajstić information content (AvgIpc) is 2.46. The molecule has 0 atom stereocenters. The first-order chi connectivity index (χ1) is 9.66. The molecule has 20 heavy (non-hydrogen) atoms. The number of hydrogen-bond donors (Lipinski definition) is 2. The van der Waals surface area contributed by atoms with E-state index in [1.807, 2.05) is 30.5 Å². The van der Waals surface area contributed by atoms with E-state index in [0.717, 1.165) is 27.2 Å². The van der Waals surface area contributed by atoms with Crippen molar-refractivity contribution in [2.45, 2.75) is 6.92 Å². The van der Waals surface area contributed by atoms with Crippen molar-refractivity contribution in [3.05, 3.63) is 54.2 Å². The number of carbonyl (C=O) groups is 1. The van der Waals surface area contributed by atoms with Gasteiger partial charge in [-0.1, -0.05) is 30.8 Å².